The molecule has 0 saturated carbocycles. The maximum atomic E-state index is 13.0. The molecule has 0 aliphatic rings. The van der Waals surface area contributed by atoms with Gasteiger partial charge in [0.05, 0.1) is 0 Å². The number of halogens is 1. The van der Waals surface area contributed by atoms with Crippen molar-refractivity contribution in [2.24, 2.45) is 0 Å². The molecule has 2 aromatic rings. The van der Waals surface area contributed by atoms with Crippen LogP contribution in [0.15, 0.2) is 48.8 Å². The number of carbonyl (C=O) groups excluding carboxylic acids is 2. The number of pyridine rings is 1. The van der Waals surface area contributed by atoms with Gasteiger partial charge in [0.2, 0.25) is 11.8 Å². The zero-order valence-corrected chi connectivity index (χ0v) is 13.7. The maximum absolute atomic E-state index is 13.0. The molecule has 1 heterocycles. The molecule has 0 aliphatic carbocycles. The second-order valence-corrected chi connectivity index (χ2v) is 5.53. The van der Waals surface area contributed by atoms with Crippen LogP contribution < -0.4 is 5.32 Å². The summed E-state index contributed by atoms with van der Waals surface area (Å²) < 4.78 is 13.0. The Balaban J connectivity index is 1.99. The predicted molar refractivity (Wildman–Crippen MR) is 88.2 cm³/mol. The van der Waals surface area contributed by atoms with Crippen LogP contribution in [0.2, 0.25) is 0 Å². The number of rotatable bonds is 6. The second-order valence-electron chi connectivity index (χ2n) is 5.53. The SMILES string of the molecule is CC(=O)N(Cc1ccc(F)cc1)[C@@H](C)C(=O)NCc1cccnc1. The highest BCUT2D eigenvalue weighted by atomic mass is 19.1. The summed E-state index contributed by atoms with van der Waals surface area (Å²) in [5.74, 6) is -0.810. The molecule has 1 N–H and O–H groups in total. The minimum Gasteiger partial charge on any atom is -0.350 e. The van der Waals surface area contributed by atoms with Crippen molar-refractivity contribution < 1.29 is 14.0 Å². The van der Waals surface area contributed by atoms with Crippen molar-refractivity contribution in [2.45, 2.75) is 33.0 Å². The monoisotopic (exact) mass is 329 g/mol. The van der Waals surface area contributed by atoms with Gasteiger partial charge in [0.25, 0.3) is 0 Å². The molecule has 1 aromatic heterocycles. The average Bonchev–Trinajstić information content (AvgIpc) is 2.59. The fourth-order valence-corrected chi connectivity index (χ4v) is 2.29. The Bertz CT molecular complexity index is 689. The van der Waals surface area contributed by atoms with Crippen molar-refractivity contribution in [3.05, 3.63) is 65.7 Å². The molecular weight excluding hydrogens is 309 g/mol. The van der Waals surface area contributed by atoms with Gasteiger partial charge in [-0.05, 0) is 36.2 Å². The Morgan fingerprint density at radius 2 is 1.92 bits per heavy atom. The van der Waals surface area contributed by atoms with Gasteiger partial charge in [-0.25, -0.2) is 4.39 Å². The topological polar surface area (TPSA) is 62.3 Å². The maximum Gasteiger partial charge on any atom is 0.242 e. The van der Waals surface area contributed by atoms with Crippen molar-refractivity contribution in [2.75, 3.05) is 0 Å². The van der Waals surface area contributed by atoms with E-state index in [-0.39, 0.29) is 24.2 Å². The average molecular weight is 329 g/mol. The van der Waals surface area contributed by atoms with E-state index in [4.69, 9.17) is 0 Å². The molecule has 0 unspecified atom stereocenters. The molecule has 0 saturated heterocycles. The molecular formula is C18H20FN3O2. The van der Waals surface area contributed by atoms with Crippen LogP contribution in [0.5, 0.6) is 0 Å². The highest BCUT2D eigenvalue weighted by Gasteiger charge is 2.23. The Hall–Kier alpha value is -2.76. The molecule has 0 bridgehead atoms. The highest BCUT2D eigenvalue weighted by Crippen LogP contribution is 2.10. The Morgan fingerprint density at radius 1 is 1.21 bits per heavy atom. The third kappa shape index (κ3) is 4.87. The molecule has 0 spiro atoms. The third-order valence-electron chi connectivity index (χ3n) is 3.71. The first-order chi connectivity index (χ1) is 11.5. The number of hydrogen-bond acceptors (Lipinski definition) is 3. The molecule has 2 amide bonds. The minimum absolute atomic E-state index is 0.219. The van der Waals surface area contributed by atoms with Gasteiger partial charge in [-0.15, -0.1) is 0 Å². The number of benzene rings is 1. The summed E-state index contributed by atoms with van der Waals surface area (Å²) in [4.78, 5) is 29.7. The first-order valence-corrected chi connectivity index (χ1v) is 7.65. The minimum atomic E-state index is -0.635. The van der Waals surface area contributed by atoms with Crippen LogP contribution in [-0.4, -0.2) is 27.7 Å². The van der Waals surface area contributed by atoms with E-state index >= 15 is 0 Å². The van der Waals surface area contributed by atoms with Crippen molar-refractivity contribution in [1.29, 1.82) is 0 Å². The number of aromatic nitrogens is 1. The summed E-state index contributed by atoms with van der Waals surface area (Å²) in [6.45, 7) is 3.67. The van der Waals surface area contributed by atoms with Gasteiger partial charge < -0.3 is 10.2 Å². The molecule has 2 rings (SSSR count). The lowest BCUT2D eigenvalue weighted by molar-refractivity contribution is -0.139. The van der Waals surface area contributed by atoms with Crippen LogP contribution in [0.1, 0.15) is 25.0 Å². The Kier molecular flexibility index (Phi) is 6.01. The lowest BCUT2D eigenvalue weighted by Crippen LogP contribution is -2.46. The zero-order chi connectivity index (χ0) is 17.5. The molecule has 0 radical (unpaired) electrons. The third-order valence-corrected chi connectivity index (χ3v) is 3.71. The molecule has 1 aromatic carbocycles. The van der Waals surface area contributed by atoms with Gasteiger partial charge in [0.15, 0.2) is 0 Å². The normalized spacial score (nSPS) is 11.6. The van der Waals surface area contributed by atoms with Crippen LogP contribution in [0.3, 0.4) is 0 Å². The smallest absolute Gasteiger partial charge is 0.242 e. The number of nitrogens with zero attached hydrogens (tertiary/aromatic N) is 2. The van der Waals surface area contributed by atoms with Crippen molar-refractivity contribution >= 4 is 11.8 Å². The fraction of sp³-hybridized carbons (Fsp3) is 0.278. The number of hydrogen-bond donors (Lipinski definition) is 1. The quantitative estimate of drug-likeness (QED) is 0.884. The van der Waals surface area contributed by atoms with E-state index in [2.05, 4.69) is 10.3 Å². The van der Waals surface area contributed by atoms with Crippen LogP contribution >= 0.6 is 0 Å². The molecule has 0 fully saturated rings. The summed E-state index contributed by atoms with van der Waals surface area (Å²) in [5.41, 5.74) is 1.64. The van der Waals surface area contributed by atoms with Gasteiger partial charge in [0.1, 0.15) is 11.9 Å². The highest BCUT2D eigenvalue weighted by molar-refractivity contribution is 5.86. The first kappa shape index (κ1) is 17.6. The van der Waals surface area contributed by atoms with Gasteiger partial charge in [0, 0.05) is 32.4 Å². The van der Waals surface area contributed by atoms with Crippen LogP contribution in [0.25, 0.3) is 0 Å². The lowest BCUT2D eigenvalue weighted by atomic mass is 10.1. The van der Waals surface area contributed by atoms with Crippen molar-refractivity contribution in [3.63, 3.8) is 0 Å². The number of carbonyl (C=O) groups is 2. The van der Waals surface area contributed by atoms with E-state index in [9.17, 15) is 14.0 Å². The van der Waals surface area contributed by atoms with E-state index in [1.807, 2.05) is 6.07 Å². The van der Waals surface area contributed by atoms with Crippen LogP contribution in [0, 0.1) is 5.82 Å². The van der Waals surface area contributed by atoms with Gasteiger partial charge in [-0.1, -0.05) is 18.2 Å². The van der Waals surface area contributed by atoms with E-state index in [0.29, 0.717) is 6.54 Å². The van der Waals surface area contributed by atoms with E-state index in [1.54, 1.807) is 37.5 Å². The summed E-state index contributed by atoms with van der Waals surface area (Å²) >= 11 is 0. The molecule has 24 heavy (non-hydrogen) atoms. The van der Waals surface area contributed by atoms with Gasteiger partial charge in [-0.2, -0.15) is 0 Å². The largest absolute Gasteiger partial charge is 0.350 e. The summed E-state index contributed by atoms with van der Waals surface area (Å²) in [7, 11) is 0. The zero-order valence-electron chi connectivity index (χ0n) is 13.7. The Labute approximate surface area is 140 Å². The summed E-state index contributed by atoms with van der Waals surface area (Å²) in [6, 6.07) is 8.89. The van der Waals surface area contributed by atoms with Crippen molar-refractivity contribution in [3.8, 4) is 0 Å². The van der Waals surface area contributed by atoms with Gasteiger partial charge >= 0.3 is 0 Å². The van der Waals surface area contributed by atoms with Gasteiger partial charge in [-0.3, -0.25) is 14.6 Å². The van der Waals surface area contributed by atoms with Crippen molar-refractivity contribution in [1.82, 2.24) is 15.2 Å². The number of nitrogens with one attached hydrogen (secondary N) is 1. The first-order valence-electron chi connectivity index (χ1n) is 7.65. The summed E-state index contributed by atoms with van der Waals surface area (Å²) in [5, 5.41) is 2.80. The number of amides is 2. The van der Waals surface area contributed by atoms with E-state index < -0.39 is 6.04 Å². The lowest BCUT2D eigenvalue weighted by Gasteiger charge is -2.27. The summed E-state index contributed by atoms with van der Waals surface area (Å²) in [6.07, 6.45) is 3.33. The molecule has 1 atom stereocenters. The predicted octanol–water partition coefficient (Wildman–Crippen LogP) is 2.27. The van der Waals surface area contributed by atoms with E-state index in [0.717, 1.165) is 11.1 Å². The van der Waals surface area contributed by atoms with E-state index in [1.165, 1.54) is 24.0 Å². The molecule has 126 valence electrons. The Morgan fingerprint density at radius 3 is 2.50 bits per heavy atom. The molecule has 0 aliphatic heterocycles. The molecule has 6 heteroatoms. The van der Waals surface area contributed by atoms with Crippen LogP contribution in [-0.2, 0) is 22.7 Å². The van der Waals surface area contributed by atoms with Crippen LogP contribution in [0.4, 0.5) is 4.39 Å². The standard InChI is InChI=1S/C18H20FN3O2/c1-13(18(24)21-11-16-4-3-9-20-10-16)22(14(2)23)12-15-5-7-17(19)8-6-15/h3-10,13H,11-12H2,1-2H3,(H,21,24)/t13-/m0/s1. The molecule has 5 nitrogen and oxygen atoms in total. The fourth-order valence-electron chi connectivity index (χ4n) is 2.29. The second kappa shape index (κ2) is 8.19.